The minimum Gasteiger partial charge on any atom is -0.464 e. The van der Waals surface area contributed by atoms with Gasteiger partial charge in [0.05, 0.1) is 11.7 Å². The van der Waals surface area contributed by atoms with Gasteiger partial charge in [-0.2, -0.15) is 0 Å². The number of aromatic nitrogens is 3. The van der Waals surface area contributed by atoms with E-state index in [1.165, 1.54) is 4.52 Å². The molecule has 1 aliphatic rings. The van der Waals surface area contributed by atoms with Crippen LogP contribution in [0.25, 0.3) is 5.65 Å². The van der Waals surface area contributed by atoms with E-state index in [2.05, 4.69) is 41.0 Å². The lowest BCUT2D eigenvalue weighted by Gasteiger charge is -2.37. The van der Waals surface area contributed by atoms with Crippen LogP contribution in [0.5, 0.6) is 0 Å². The highest BCUT2D eigenvalue weighted by Gasteiger charge is 2.30. The molecule has 132 valence electrons. The SMILES string of the molecule is CCc1ccc(C2CC(C)CCN2Cc2cc(=O)n3[nH]ccc3n2)o1. The zero-order valence-electron chi connectivity index (χ0n) is 14.7. The van der Waals surface area contributed by atoms with E-state index in [1.807, 2.05) is 6.07 Å². The van der Waals surface area contributed by atoms with Crippen molar-refractivity contribution in [2.24, 2.45) is 5.92 Å². The van der Waals surface area contributed by atoms with Crippen LogP contribution in [0.4, 0.5) is 0 Å². The van der Waals surface area contributed by atoms with Crippen molar-refractivity contribution in [3.8, 4) is 0 Å². The third kappa shape index (κ3) is 3.14. The van der Waals surface area contributed by atoms with E-state index in [1.54, 1.807) is 12.3 Å². The maximum atomic E-state index is 12.2. The van der Waals surface area contributed by atoms with Crippen molar-refractivity contribution < 1.29 is 4.42 Å². The first-order valence-corrected chi connectivity index (χ1v) is 9.02. The van der Waals surface area contributed by atoms with Crippen molar-refractivity contribution in [1.29, 1.82) is 0 Å². The molecule has 4 heterocycles. The molecule has 0 spiro atoms. The third-order valence-corrected chi connectivity index (χ3v) is 5.13. The maximum Gasteiger partial charge on any atom is 0.272 e. The third-order valence-electron chi connectivity index (χ3n) is 5.13. The van der Waals surface area contributed by atoms with Crippen LogP contribution in [0.1, 0.15) is 49.9 Å². The Morgan fingerprint density at radius 1 is 1.36 bits per heavy atom. The molecule has 0 bridgehead atoms. The number of rotatable bonds is 4. The van der Waals surface area contributed by atoms with E-state index < -0.39 is 0 Å². The van der Waals surface area contributed by atoms with Crippen molar-refractivity contribution in [2.45, 2.75) is 45.7 Å². The Morgan fingerprint density at radius 3 is 3.04 bits per heavy atom. The number of aromatic amines is 1. The number of aryl methyl sites for hydroxylation is 1. The molecule has 0 amide bonds. The van der Waals surface area contributed by atoms with Gasteiger partial charge in [-0.15, -0.1) is 0 Å². The van der Waals surface area contributed by atoms with Gasteiger partial charge in [0.2, 0.25) is 0 Å². The number of nitrogens with zero attached hydrogens (tertiary/aromatic N) is 3. The highest BCUT2D eigenvalue weighted by molar-refractivity contribution is 5.36. The summed E-state index contributed by atoms with van der Waals surface area (Å²) in [6.45, 7) is 6.05. The van der Waals surface area contributed by atoms with Crippen molar-refractivity contribution in [3.63, 3.8) is 0 Å². The highest BCUT2D eigenvalue weighted by Crippen LogP contribution is 2.35. The quantitative estimate of drug-likeness (QED) is 0.792. The molecule has 25 heavy (non-hydrogen) atoms. The molecule has 6 nitrogen and oxygen atoms in total. The van der Waals surface area contributed by atoms with Crippen molar-refractivity contribution >= 4 is 5.65 Å². The fourth-order valence-corrected chi connectivity index (χ4v) is 3.71. The van der Waals surface area contributed by atoms with E-state index in [0.717, 1.165) is 43.0 Å². The standard InChI is InChI=1S/C19H24N4O2/c1-3-15-4-5-17(25-15)16-10-13(2)7-9-22(16)12-14-11-19(24)23-18(21-14)6-8-20-23/h4-6,8,11,13,16,20H,3,7,9-10,12H2,1-2H3. The van der Waals surface area contributed by atoms with Crippen LogP contribution < -0.4 is 5.56 Å². The monoisotopic (exact) mass is 340 g/mol. The summed E-state index contributed by atoms with van der Waals surface area (Å²) in [6.07, 6.45) is 4.87. The second kappa shape index (κ2) is 6.52. The van der Waals surface area contributed by atoms with E-state index in [4.69, 9.17) is 4.42 Å². The van der Waals surface area contributed by atoms with Gasteiger partial charge in [-0.05, 0) is 37.4 Å². The average molecular weight is 340 g/mol. The summed E-state index contributed by atoms with van der Waals surface area (Å²) in [5.41, 5.74) is 1.40. The fourth-order valence-electron chi connectivity index (χ4n) is 3.71. The Morgan fingerprint density at radius 2 is 2.24 bits per heavy atom. The minimum absolute atomic E-state index is 0.0711. The smallest absolute Gasteiger partial charge is 0.272 e. The van der Waals surface area contributed by atoms with Gasteiger partial charge in [0.25, 0.3) is 5.56 Å². The molecule has 0 saturated carbocycles. The summed E-state index contributed by atoms with van der Waals surface area (Å²) >= 11 is 0. The summed E-state index contributed by atoms with van der Waals surface area (Å²) in [6, 6.07) is 7.87. The van der Waals surface area contributed by atoms with Gasteiger partial charge in [0.15, 0.2) is 5.65 Å². The molecule has 4 rings (SSSR count). The summed E-state index contributed by atoms with van der Waals surface area (Å²) in [7, 11) is 0. The van der Waals surface area contributed by atoms with Crippen LogP contribution >= 0.6 is 0 Å². The number of piperidine rings is 1. The molecule has 0 aromatic carbocycles. The average Bonchev–Trinajstić information content (AvgIpc) is 3.25. The van der Waals surface area contributed by atoms with Gasteiger partial charge in [0, 0.05) is 31.3 Å². The molecule has 2 unspecified atom stereocenters. The van der Waals surface area contributed by atoms with E-state index in [-0.39, 0.29) is 11.6 Å². The first-order chi connectivity index (χ1) is 12.1. The lowest BCUT2D eigenvalue weighted by molar-refractivity contribution is 0.0923. The lowest BCUT2D eigenvalue weighted by Crippen LogP contribution is -2.36. The Hall–Kier alpha value is -2.34. The molecule has 0 aliphatic carbocycles. The first-order valence-electron chi connectivity index (χ1n) is 9.02. The number of hydrogen-bond acceptors (Lipinski definition) is 4. The number of fused-ring (bicyclic) bond motifs is 1. The Bertz CT molecular complexity index is 923. The highest BCUT2D eigenvalue weighted by atomic mass is 16.3. The summed E-state index contributed by atoms with van der Waals surface area (Å²) < 4.78 is 7.49. The first kappa shape index (κ1) is 16.1. The normalized spacial score (nSPS) is 21.8. The molecule has 3 aromatic rings. The van der Waals surface area contributed by atoms with Gasteiger partial charge < -0.3 is 4.42 Å². The molecular weight excluding hydrogens is 316 g/mol. The molecular formula is C19H24N4O2. The maximum absolute atomic E-state index is 12.2. The van der Waals surface area contributed by atoms with E-state index in [9.17, 15) is 4.79 Å². The van der Waals surface area contributed by atoms with Crippen LogP contribution in [-0.4, -0.2) is 26.0 Å². The van der Waals surface area contributed by atoms with Gasteiger partial charge in [-0.3, -0.25) is 14.8 Å². The van der Waals surface area contributed by atoms with Crippen molar-refractivity contribution in [3.05, 3.63) is 58.0 Å². The molecule has 1 N–H and O–H groups in total. The molecule has 2 atom stereocenters. The van der Waals surface area contributed by atoms with Crippen LogP contribution in [0, 0.1) is 5.92 Å². The van der Waals surface area contributed by atoms with Gasteiger partial charge in [0.1, 0.15) is 11.5 Å². The summed E-state index contributed by atoms with van der Waals surface area (Å²) in [4.78, 5) is 19.2. The van der Waals surface area contributed by atoms with Gasteiger partial charge in [-0.25, -0.2) is 9.50 Å². The summed E-state index contributed by atoms with van der Waals surface area (Å²) in [5.74, 6) is 2.73. The molecule has 1 saturated heterocycles. The van der Waals surface area contributed by atoms with Crippen LogP contribution in [0.3, 0.4) is 0 Å². The number of hydrogen-bond donors (Lipinski definition) is 1. The fraction of sp³-hybridized carbons (Fsp3) is 0.474. The second-order valence-corrected chi connectivity index (χ2v) is 7.02. The zero-order chi connectivity index (χ0) is 17.4. The Balaban J connectivity index is 1.62. The van der Waals surface area contributed by atoms with Crippen LogP contribution in [0.15, 0.2) is 39.7 Å². The van der Waals surface area contributed by atoms with Gasteiger partial charge >= 0.3 is 0 Å². The number of furan rings is 1. The van der Waals surface area contributed by atoms with Crippen LogP contribution in [0.2, 0.25) is 0 Å². The van der Waals surface area contributed by atoms with Crippen molar-refractivity contribution in [2.75, 3.05) is 6.54 Å². The van der Waals surface area contributed by atoms with Crippen LogP contribution in [-0.2, 0) is 13.0 Å². The topological polar surface area (TPSA) is 66.5 Å². The predicted octanol–water partition coefficient (Wildman–Crippen LogP) is 3.15. The zero-order valence-corrected chi connectivity index (χ0v) is 14.7. The van der Waals surface area contributed by atoms with Gasteiger partial charge in [-0.1, -0.05) is 13.8 Å². The molecule has 0 radical (unpaired) electrons. The Labute approximate surface area is 146 Å². The number of H-pyrrole nitrogens is 1. The molecule has 6 heteroatoms. The minimum atomic E-state index is -0.0711. The summed E-state index contributed by atoms with van der Waals surface area (Å²) in [5, 5.41) is 2.88. The molecule has 1 fully saturated rings. The number of nitrogens with one attached hydrogen (secondary N) is 1. The van der Waals surface area contributed by atoms with E-state index in [0.29, 0.717) is 18.1 Å². The predicted molar refractivity (Wildman–Crippen MR) is 95.4 cm³/mol. The second-order valence-electron chi connectivity index (χ2n) is 7.02. The Kier molecular flexibility index (Phi) is 4.21. The lowest BCUT2D eigenvalue weighted by atomic mass is 9.91. The molecule has 3 aromatic heterocycles. The van der Waals surface area contributed by atoms with E-state index >= 15 is 0 Å². The largest absolute Gasteiger partial charge is 0.464 e. The number of likely N-dealkylation sites (tertiary alicyclic amines) is 1. The molecule has 1 aliphatic heterocycles. The van der Waals surface area contributed by atoms with Crippen molar-refractivity contribution in [1.82, 2.24) is 19.5 Å².